The summed E-state index contributed by atoms with van der Waals surface area (Å²) in [5.74, 6) is 0.663. The minimum atomic E-state index is -3.04. The lowest BCUT2D eigenvalue weighted by molar-refractivity contribution is 0.549. The second-order valence-corrected chi connectivity index (χ2v) is 8.08. The molecule has 1 aromatic rings. The van der Waals surface area contributed by atoms with Crippen molar-refractivity contribution in [3.63, 3.8) is 0 Å². The first-order chi connectivity index (χ1) is 9.91. The lowest BCUT2D eigenvalue weighted by Gasteiger charge is -2.18. The van der Waals surface area contributed by atoms with Gasteiger partial charge in [-0.15, -0.1) is 0 Å². The number of rotatable bonds is 9. The molecule has 2 atom stereocenters. The molecule has 0 saturated heterocycles. The third kappa shape index (κ3) is 6.18. The molecule has 21 heavy (non-hydrogen) atoms. The van der Waals surface area contributed by atoms with Gasteiger partial charge in [0.1, 0.15) is 0 Å². The predicted molar refractivity (Wildman–Crippen MR) is 90.3 cm³/mol. The van der Waals surface area contributed by atoms with Crippen LogP contribution in [0, 0.1) is 5.92 Å². The predicted octanol–water partition coefficient (Wildman–Crippen LogP) is 3.36. The van der Waals surface area contributed by atoms with Crippen molar-refractivity contribution in [3.05, 3.63) is 35.4 Å². The highest BCUT2D eigenvalue weighted by molar-refractivity contribution is 7.91. The van der Waals surface area contributed by atoms with Crippen molar-refractivity contribution in [2.75, 3.05) is 18.6 Å². The molecule has 0 aliphatic heterocycles. The van der Waals surface area contributed by atoms with Crippen LogP contribution < -0.4 is 5.32 Å². The Labute approximate surface area is 130 Å². The van der Waals surface area contributed by atoms with E-state index in [1.54, 1.807) is 0 Å². The van der Waals surface area contributed by atoms with Crippen LogP contribution in [-0.2, 0) is 16.3 Å². The molecule has 2 unspecified atom stereocenters. The quantitative estimate of drug-likeness (QED) is 0.760. The fourth-order valence-corrected chi connectivity index (χ4v) is 4.53. The number of aryl methyl sites for hydroxylation is 1. The Bertz CT molecular complexity index is 508. The Morgan fingerprint density at radius 1 is 1.10 bits per heavy atom. The van der Waals surface area contributed by atoms with Gasteiger partial charge in [0.05, 0.1) is 11.5 Å². The molecular weight excluding hydrogens is 282 g/mol. The molecule has 0 radical (unpaired) electrons. The molecular formula is C17H29NO2S. The van der Waals surface area contributed by atoms with E-state index >= 15 is 0 Å². The number of nitrogens with one attached hydrogen (secondary N) is 1. The topological polar surface area (TPSA) is 46.2 Å². The van der Waals surface area contributed by atoms with Crippen LogP contribution >= 0.6 is 0 Å². The SMILES string of the molecule is CCCc1ccc(C(CS(=O)(=O)CC(C)CC)NC)cc1. The molecule has 0 spiro atoms. The second kappa shape index (κ2) is 8.54. The zero-order valence-corrected chi connectivity index (χ0v) is 14.5. The van der Waals surface area contributed by atoms with E-state index in [1.807, 2.05) is 33.0 Å². The van der Waals surface area contributed by atoms with Gasteiger partial charge in [-0.05, 0) is 30.5 Å². The highest BCUT2D eigenvalue weighted by Gasteiger charge is 2.21. The third-order valence-corrected chi connectivity index (χ3v) is 5.84. The minimum absolute atomic E-state index is 0.130. The van der Waals surface area contributed by atoms with Crippen molar-refractivity contribution >= 4 is 9.84 Å². The Kier molecular flexibility index (Phi) is 7.40. The number of hydrogen-bond donors (Lipinski definition) is 1. The van der Waals surface area contributed by atoms with Gasteiger partial charge in [0.25, 0.3) is 0 Å². The van der Waals surface area contributed by atoms with E-state index in [9.17, 15) is 8.42 Å². The van der Waals surface area contributed by atoms with E-state index in [2.05, 4.69) is 24.4 Å². The molecule has 0 aliphatic carbocycles. The first-order valence-electron chi connectivity index (χ1n) is 7.88. The van der Waals surface area contributed by atoms with Gasteiger partial charge in [0.2, 0.25) is 0 Å². The fourth-order valence-electron chi connectivity index (χ4n) is 2.42. The molecule has 0 amide bonds. The van der Waals surface area contributed by atoms with E-state index in [0.29, 0.717) is 0 Å². The van der Waals surface area contributed by atoms with Crippen molar-refractivity contribution in [1.82, 2.24) is 5.32 Å². The number of benzene rings is 1. The maximum atomic E-state index is 12.3. The average molecular weight is 311 g/mol. The summed E-state index contributed by atoms with van der Waals surface area (Å²) in [7, 11) is -1.21. The first kappa shape index (κ1) is 18.2. The van der Waals surface area contributed by atoms with Gasteiger partial charge in [-0.3, -0.25) is 0 Å². The van der Waals surface area contributed by atoms with Gasteiger partial charge < -0.3 is 5.32 Å². The monoisotopic (exact) mass is 311 g/mol. The molecule has 3 nitrogen and oxygen atoms in total. The van der Waals surface area contributed by atoms with Crippen LogP contribution in [0.25, 0.3) is 0 Å². The first-order valence-corrected chi connectivity index (χ1v) is 9.70. The van der Waals surface area contributed by atoms with Crippen LogP contribution in [0.2, 0.25) is 0 Å². The molecule has 0 heterocycles. The van der Waals surface area contributed by atoms with Crippen LogP contribution in [0.1, 0.15) is 50.8 Å². The summed E-state index contributed by atoms with van der Waals surface area (Å²) in [6.07, 6.45) is 3.09. The van der Waals surface area contributed by atoms with E-state index in [1.165, 1.54) is 5.56 Å². The van der Waals surface area contributed by atoms with Crippen molar-refractivity contribution in [1.29, 1.82) is 0 Å². The molecule has 0 aliphatic rings. The standard InChI is InChI=1S/C17H29NO2S/c1-5-7-15-8-10-16(11-9-15)17(18-4)13-21(19,20)12-14(3)6-2/h8-11,14,17-18H,5-7,12-13H2,1-4H3. The summed E-state index contributed by atoms with van der Waals surface area (Å²) < 4.78 is 24.5. The van der Waals surface area contributed by atoms with E-state index in [-0.39, 0.29) is 23.5 Å². The lowest BCUT2D eigenvalue weighted by Crippen LogP contribution is -2.28. The van der Waals surface area contributed by atoms with Gasteiger partial charge in [-0.1, -0.05) is 57.9 Å². The molecule has 1 aromatic carbocycles. The smallest absolute Gasteiger partial charge is 0.152 e. The van der Waals surface area contributed by atoms with Gasteiger partial charge in [-0.25, -0.2) is 8.42 Å². The largest absolute Gasteiger partial charge is 0.312 e. The van der Waals surface area contributed by atoms with Crippen molar-refractivity contribution in [2.45, 2.75) is 46.1 Å². The molecule has 0 aromatic heterocycles. The molecule has 120 valence electrons. The molecule has 1 N–H and O–H groups in total. The Balaban J connectivity index is 2.78. The van der Waals surface area contributed by atoms with E-state index < -0.39 is 9.84 Å². The summed E-state index contributed by atoms with van der Waals surface area (Å²) in [5, 5.41) is 3.14. The zero-order valence-electron chi connectivity index (χ0n) is 13.7. The summed E-state index contributed by atoms with van der Waals surface area (Å²) in [4.78, 5) is 0. The maximum Gasteiger partial charge on any atom is 0.152 e. The summed E-state index contributed by atoms with van der Waals surface area (Å²) in [6.45, 7) is 6.18. The Morgan fingerprint density at radius 2 is 1.71 bits per heavy atom. The molecule has 1 rings (SSSR count). The lowest BCUT2D eigenvalue weighted by atomic mass is 10.0. The highest BCUT2D eigenvalue weighted by Crippen LogP contribution is 2.18. The average Bonchev–Trinajstić information content (AvgIpc) is 2.45. The van der Waals surface area contributed by atoms with Crippen LogP contribution in [0.15, 0.2) is 24.3 Å². The van der Waals surface area contributed by atoms with Crippen LogP contribution in [0.5, 0.6) is 0 Å². The normalized spacial score (nSPS) is 14.9. The van der Waals surface area contributed by atoms with Gasteiger partial charge in [-0.2, -0.15) is 0 Å². The highest BCUT2D eigenvalue weighted by atomic mass is 32.2. The number of hydrogen-bond acceptors (Lipinski definition) is 3. The number of sulfone groups is 1. The van der Waals surface area contributed by atoms with Crippen molar-refractivity contribution in [3.8, 4) is 0 Å². The van der Waals surface area contributed by atoms with Gasteiger partial charge >= 0.3 is 0 Å². The van der Waals surface area contributed by atoms with Crippen molar-refractivity contribution < 1.29 is 8.42 Å². The van der Waals surface area contributed by atoms with Crippen LogP contribution in [0.4, 0.5) is 0 Å². The third-order valence-electron chi connectivity index (χ3n) is 3.93. The molecule has 0 bridgehead atoms. The second-order valence-electron chi connectivity index (χ2n) is 5.92. The van der Waals surface area contributed by atoms with Crippen LogP contribution in [0.3, 0.4) is 0 Å². The van der Waals surface area contributed by atoms with Crippen molar-refractivity contribution in [2.24, 2.45) is 5.92 Å². The summed E-state index contributed by atoms with van der Waals surface area (Å²) in [5.41, 5.74) is 2.35. The zero-order chi connectivity index (χ0) is 15.9. The van der Waals surface area contributed by atoms with Gasteiger partial charge in [0, 0.05) is 6.04 Å². The molecule has 0 fully saturated rings. The minimum Gasteiger partial charge on any atom is -0.312 e. The Hall–Kier alpha value is -0.870. The maximum absolute atomic E-state index is 12.3. The van der Waals surface area contributed by atoms with Crippen LogP contribution in [-0.4, -0.2) is 27.0 Å². The molecule has 0 saturated carbocycles. The van der Waals surface area contributed by atoms with Gasteiger partial charge in [0.15, 0.2) is 9.84 Å². The molecule has 4 heteroatoms. The summed E-state index contributed by atoms with van der Waals surface area (Å²) >= 11 is 0. The fraction of sp³-hybridized carbons (Fsp3) is 0.647. The summed E-state index contributed by atoms with van der Waals surface area (Å²) in [6, 6.07) is 8.17. The van der Waals surface area contributed by atoms with E-state index in [4.69, 9.17) is 0 Å². The Morgan fingerprint density at radius 3 is 2.19 bits per heavy atom. The van der Waals surface area contributed by atoms with E-state index in [0.717, 1.165) is 24.8 Å².